The van der Waals surface area contributed by atoms with Crippen molar-refractivity contribution in [2.45, 2.75) is 51.2 Å². The van der Waals surface area contributed by atoms with E-state index in [1.165, 1.54) is 38.0 Å². The fourth-order valence-electron chi connectivity index (χ4n) is 3.05. The number of piperidine rings is 1. The molecule has 1 saturated heterocycles. The Balaban J connectivity index is 1.56. The number of hydrogen-bond acceptors (Lipinski definition) is 3. The molecular weight excluding hydrogens is 226 g/mol. The lowest BCUT2D eigenvalue weighted by atomic mass is 10.1. The number of aryl methyl sites for hydroxylation is 1. The van der Waals surface area contributed by atoms with Crippen LogP contribution in [0, 0.1) is 0 Å². The van der Waals surface area contributed by atoms with E-state index in [2.05, 4.69) is 20.6 Å². The van der Waals surface area contributed by atoms with E-state index in [1.54, 1.807) is 0 Å². The average Bonchev–Trinajstić information content (AvgIpc) is 2.79. The lowest BCUT2D eigenvalue weighted by molar-refractivity contribution is 0.141. The van der Waals surface area contributed by atoms with Crippen LogP contribution in [0.2, 0.25) is 0 Å². The minimum atomic E-state index is -0.185. The maximum Gasteiger partial charge on any atom is 0.111 e. The zero-order valence-corrected chi connectivity index (χ0v) is 11.0. The highest BCUT2D eigenvalue weighted by Crippen LogP contribution is 2.16. The fourth-order valence-corrected chi connectivity index (χ4v) is 3.05. The molecule has 1 N–H and O–H groups in total. The van der Waals surface area contributed by atoms with E-state index < -0.39 is 0 Å². The minimum Gasteiger partial charge on any atom is -0.393 e. The van der Waals surface area contributed by atoms with Crippen LogP contribution in [0.1, 0.15) is 37.2 Å². The summed E-state index contributed by atoms with van der Waals surface area (Å²) < 4.78 is 2.22. The molecule has 0 saturated carbocycles. The highest BCUT2D eigenvalue weighted by molar-refractivity contribution is 5.07. The molecule has 0 aliphatic carbocycles. The Labute approximate surface area is 109 Å². The summed E-state index contributed by atoms with van der Waals surface area (Å²) in [4.78, 5) is 7.21. The van der Waals surface area contributed by atoms with Gasteiger partial charge < -0.3 is 14.6 Å². The number of likely N-dealkylation sites (tertiary alicyclic amines) is 1. The van der Waals surface area contributed by atoms with Crippen molar-refractivity contribution in [3.05, 3.63) is 17.7 Å². The Bertz CT molecular complexity index is 396. The van der Waals surface area contributed by atoms with Crippen molar-refractivity contribution in [3.63, 3.8) is 0 Å². The number of nitrogens with zero attached hydrogens (tertiary/aromatic N) is 3. The van der Waals surface area contributed by atoms with Gasteiger partial charge in [0.1, 0.15) is 5.82 Å². The van der Waals surface area contributed by atoms with Gasteiger partial charge in [0.15, 0.2) is 0 Å². The number of imidazole rings is 1. The van der Waals surface area contributed by atoms with E-state index in [-0.39, 0.29) is 6.10 Å². The van der Waals surface area contributed by atoms with Gasteiger partial charge in [0, 0.05) is 32.1 Å². The summed E-state index contributed by atoms with van der Waals surface area (Å²) in [6, 6.07) is 0. The van der Waals surface area contributed by atoms with Crippen LogP contribution in [0.15, 0.2) is 6.20 Å². The molecular formula is C14H23N3O. The van der Waals surface area contributed by atoms with E-state index in [0.717, 1.165) is 38.2 Å². The van der Waals surface area contributed by atoms with Crippen molar-refractivity contribution >= 4 is 0 Å². The molecule has 1 aromatic rings. The van der Waals surface area contributed by atoms with Crippen LogP contribution >= 0.6 is 0 Å². The zero-order chi connectivity index (χ0) is 12.4. The van der Waals surface area contributed by atoms with Gasteiger partial charge in [-0.15, -0.1) is 0 Å². The number of rotatable bonds is 3. The van der Waals surface area contributed by atoms with Crippen LogP contribution in [0.4, 0.5) is 0 Å². The SMILES string of the molecule is OC1CCn2cc(CCN3CCCCC3)nc2C1. The predicted molar refractivity (Wildman–Crippen MR) is 70.5 cm³/mol. The lowest BCUT2D eigenvalue weighted by Crippen LogP contribution is -2.31. The Morgan fingerprint density at radius 1 is 1.22 bits per heavy atom. The first-order valence-electron chi connectivity index (χ1n) is 7.26. The molecule has 3 heterocycles. The molecule has 3 rings (SSSR count). The molecule has 1 unspecified atom stereocenters. The normalized spacial score (nSPS) is 25.1. The third kappa shape index (κ3) is 2.75. The lowest BCUT2D eigenvalue weighted by Gasteiger charge is -2.25. The summed E-state index contributed by atoms with van der Waals surface area (Å²) in [6.07, 6.45) is 8.75. The molecule has 1 fully saturated rings. The molecule has 1 aromatic heterocycles. The zero-order valence-electron chi connectivity index (χ0n) is 11.0. The Morgan fingerprint density at radius 3 is 2.89 bits per heavy atom. The van der Waals surface area contributed by atoms with Crippen LogP contribution in [0.5, 0.6) is 0 Å². The van der Waals surface area contributed by atoms with Gasteiger partial charge in [-0.3, -0.25) is 0 Å². The maximum absolute atomic E-state index is 9.64. The molecule has 100 valence electrons. The molecule has 0 amide bonds. The number of aliphatic hydroxyl groups excluding tert-OH is 1. The third-order valence-electron chi connectivity index (χ3n) is 4.16. The summed E-state index contributed by atoms with van der Waals surface area (Å²) in [5.74, 6) is 1.07. The monoisotopic (exact) mass is 249 g/mol. The molecule has 0 radical (unpaired) electrons. The van der Waals surface area contributed by atoms with Gasteiger partial charge >= 0.3 is 0 Å². The molecule has 18 heavy (non-hydrogen) atoms. The van der Waals surface area contributed by atoms with Gasteiger partial charge in [-0.25, -0.2) is 4.98 Å². The van der Waals surface area contributed by atoms with Gasteiger partial charge in [0.25, 0.3) is 0 Å². The summed E-state index contributed by atoms with van der Waals surface area (Å²) in [5, 5.41) is 9.64. The third-order valence-corrected chi connectivity index (χ3v) is 4.16. The van der Waals surface area contributed by atoms with Crippen LogP contribution < -0.4 is 0 Å². The second kappa shape index (κ2) is 5.41. The maximum atomic E-state index is 9.64. The van der Waals surface area contributed by atoms with E-state index >= 15 is 0 Å². The van der Waals surface area contributed by atoms with Gasteiger partial charge in [0.05, 0.1) is 11.8 Å². The first-order valence-corrected chi connectivity index (χ1v) is 7.26. The van der Waals surface area contributed by atoms with E-state index in [9.17, 15) is 5.11 Å². The standard InChI is InChI=1S/C14H23N3O/c18-13-5-9-17-11-12(15-14(17)10-13)4-8-16-6-2-1-3-7-16/h11,13,18H,1-10H2. The van der Waals surface area contributed by atoms with Crippen LogP contribution in [0.25, 0.3) is 0 Å². The van der Waals surface area contributed by atoms with Gasteiger partial charge in [0.2, 0.25) is 0 Å². The van der Waals surface area contributed by atoms with Crippen LogP contribution in [-0.4, -0.2) is 45.3 Å². The van der Waals surface area contributed by atoms with Crippen molar-refractivity contribution in [2.75, 3.05) is 19.6 Å². The quantitative estimate of drug-likeness (QED) is 0.875. The van der Waals surface area contributed by atoms with Crippen molar-refractivity contribution in [2.24, 2.45) is 0 Å². The number of hydrogen-bond donors (Lipinski definition) is 1. The summed E-state index contributed by atoms with van der Waals surface area (Å²) in [7, 11) is 0. The molecule has 2 aliphatic heterocycles. The summed E-state index contributed by atoms with van der Waals surface area (Å²) in [6.45, 7) is 4.57. The minimum absolute atomic E-state index is 0.185. The molecule has 0 spiro atoms. The topological polar surface area (TPSA) is 41.3 Å². The Kier molecular flexibility index (Phi) is 3.66. The first kappa shape index (κ1) is 12.2. The predicted octanol–water partition coefficient (Wildman–Crippen LogP) is 1.22. The van der Waals surface area contributed by atoms with E-state index in [1.807, 2.05) is 0 Å². The van der Waals surface area contributed by atoms with Crippen molar-refractivity contribution < 1.29 is 5.11 Å². The van der Waals surface area contributed by atoms with E-state index in [0.29, 0.717) is 0 Å². The van der Waals surface area contributed by atoms with Crippen LogP contribution in [0.3, 0.4) is 0 Å². The summed E-state index contributed by atoms with van der Waals surface area (Å²) >= 11 is 0. The highest BCUT2D eigenvalue weighted by atomic mass is 16.3. The van der Waals surface area contributed by atoms with Crippen molar-refractivity contribution in [3.8, 4) is 0 Å². The van der Waals surface area contributed by atoms with Gasteiger partial charge in [-0.1, -0.05) is 6.42 Å². The van der Waals surface area contributed by atoms with Crippen molar-refractivity contribution in [1.82, 2.24) is 14.5 Å². The number of aliphatic hydroxyl groups is 1. The smallest absolute Gasteiger partial charge is 0.111 e. The molecule has 4 heteroatoms. The number of aromatic nitrogens is 2. The van der Waals surface area contributed by atoms with E-state index in [4.69, 9.17) is 0 Å². The number of fused-ring (bicyclic) bond motifs is 1. The second-order valence-corrected chi connectivity index (χ2v) is 5.64. The first-order chi connectivity index (χ1) is 8.81. The van der Waals surface area contributed by atoms with Crippen LogP contribution in [-0.2, 0) is 19.4 Å². The average molecular weight is 249 g/mol. The Morgan fingerprint density at radius 2 is 2.06 bits per heavy atom. The fraction of sp³-hybridized carbons (Fsp3) is 0.786. The molecule has 2 aliphatic rings. The van der Waals surface area contributed by atoms with Crippen molar-refractivity contribution in [1.29, 1.82) is 0 Å². The highest BCUT2D eigenvalue weighted by Gasteiger charge is 2.19. The molecule has 1 atom stereocenters. The molecule has 4 nitrogen and oxygen atoms in total. The Hall–Kier alpha value is -0.870. The van der Waals surface area contributed by atoms with Gasteiger partial charge in [-0.05, 0) is 32.4 Å². The van der Waals surface area contributed by atoms with Gasteiger partial charge in [-0.2, -0.15) is 0 Å². The second-order valence-electron chi connectivity index (χ2n) is 5.64. The largest absolute Gasteiger partial charge is 0.393 e. The summed E-state index contributed by atoms with van der Waals surface area (Å²) in [5.41, 5.74) is 1.20. The molecule has 0 aromatic carbocycles. The molecule has 0 bridgehead atoms.